The van der Waals surface area contributed by atoms with Crippen LogP contribution in [0.3, 0.4) is 0 Å². The zero-order valence-electron chi connectivity index (χ0n) is 13.4. The van der Waals surface area contributed by atoms with E-state index in [1.165, 1.54) is 6.42 Å². The Kier molecular flexibility index (Phi) is 5.32. The number of allylic oxidation sites excluding steroid dienone is 1. The molecule has 1 aliphatic rings. The van der Waals surface area contributed by atoms with Crippen LogP contribution in [-0.2, 0) is 13.0 Å². The second-order valence-corrected chi connectivity index (χ2v) is 5.93. The zero-order chi connectivity index (χ0) is 15.9. The Morgan fingerprint density at radius 1 is 1.22 bits per heavy atom. The molecule has 0 bridgehead atoms. The molecule has 0 spiro atoms. The number of likely N-dealkylation sites (tertiary alicyclic amines) is 1. The van der Waals surface area contributed by atoms with Gasteiger partial charge in [0.25, 0.3) is 0 Å². The third-order valence-corrected chi connectivity index (χ3v) is 4.03. The van der Waals surface area contributed by atoms with Crippen LogP contribution in [0, 0.1) is 0 Å². The van der Waals surface area contributed by atoms with Gasteiger partial charge >= 0.3 is 0 Å². The molecule has 1 atom stereocenters. The van der Waals surface area contributed by atoms with Gasteiger partial charge in [0.2, 0.25) is 0 Å². The van der Waals surface area contributed by atoms with Crippen molar-refractivity contribution in [2.45, 2.75) is 31.8 Å². The molecule has 2 aromatic rings. The van der Waals surface area contributed by atoms with E-state index >= 15 is 0 Å². The van der Waals surface area contributed by atoms with Crippen LogP contribution in [0.2, 0.25) is 0 Å². The first-order valence-corrected chi connectivity index (χ1v) is 8.14. The second kappa shape index (κ2) is 7.83. The summed E-state index contributed by atoms with van der Waals surface area (Å²) in [6, 6.07) is 6.49. The van der Waals surface area contributed by atoms with Gasteiger partial charge < -0.3 is 5.32 Å². The third kappa shape index (κ3) is 4.60. The normalized spacial score (nSPS) is 18.5. The molecule has 120 valence electrons. The maximum Gasteiger partial charge on any atom is 0.144 e. The highest BCUT2D eigenvalue weighted by molar-refractivity contribution is 5.33. The summed E-state index contributed by atoms with van der Waals surface area (Å²) >= 11 is 0. The van der Waals surface area contributed by atoms with Crippen molar-refractivity contribution in [3.8, 4) is 0 Å². The number of rotatable bonds is 6. The van der Waals surface area contributed by atoms with Crippen molar-refractivity contribution >= 4 is 5.82 Å². The van der Waals surface area contributed by atoms with Gasteiger partial charge in [-0.3, -0.25) is 14.9 Å². The maximum absolute atomic E-state index is 4.45. The molecule has 0 unspecified atom stereocenters. The Morgan fingerprint density at radius 3 is 2.91 bits per heavy atom. The van der Waals surface area contributed by atoms with E-state index in [1.807, 2.05) is 36.8 Å². The summed E-state index contributed by atoms with van der Waals surface area (Å²) in [7, 11) is 0. The molecule has 0 aliphatic carbocycles. The van der Waals surface area contributed by atoms with Gasteiger partial charge in [0.1, 0.15) is 5.82 Å². The largest absolute Gasteiger partial charge is 0.365 e. The molecule has 3 rings (SSSR count). The van der Waals surface area contributed by atoms with Gasteiger partial charge in [-0.05, 0) is 31.5 Å². The maximum atomic E-state index is 4.45. The van der Waals surface area contributed by atoms with Crippen molar-refractivity contribution in [3.63, 3.8) is 0 Å². The molecule has 1 saturated heterocycles. The van der Waals surface area contributed by atoms with Crippen LogP contribution in [0.4, 0.5) is 5.82 Å². The molecule has 0 radical (unpaired) electrons. The van der Waals surface area contributed by atoms with Gasteiger partial charge in [-0.1, -0.05) is 12.1 Å². The number of pyridine rings is 1. The van der Waals surface area contributed by atoms with Crippen LogP contribution in [-0.4, -0.2) is 39.0 Å². The number of nitrogens with zero attached hydrogens (tertiary/aromatic N) is 4. The number of hydrogen-bond acceptors (Lipinski definition) is 5. The lowest BCUT2D eigenvalue weighted by Crippen LogP contribution is -2.41. The van der Waals surface area contributed by atoms with Crippen molar-refractivity contribution in [1.82, 2.24) is 19.9 Å². The highest BCUT2D eigenvalue weighted by atomic mass is 15.2. The topological polar surface area (TPSA) is 53.9 Å². The lowest BCUT2D eigenvalue weighted by atomic mass is 10.1. The lowest BCUT2D eigenvalue weighted by molar-refractivity contribution is 0.206. The average molecular weight is 309 g/mol. The van der Waals surface area contributed by atoms with Crippen LogP contribution in [0.5, 0.6) is 0 Å². The van der Waals surface area contributed by atoms with Crippen LogP contribution in [0.25, 0.3) is 0 Å². The molecule has 5 heteroatoms. The average Bonchev–Trinajstić information content (AvgIpc) is 2.58. The van der Waals surface area contributed by atoms with Crippen molar-refractivity contribution in [3.05, 3.63) is 60.8 Å². The Labute approximate surface area is 137 Å². The van der Waals surface area contributed by atoms with Crippen molar-refractivity contribution < 1.29 is 0 Å². The first-order valence-electron chi connectivity index (χ1n) is 8.14. The number of nitrogens with one attached hydrogen (secondary N) is 1. The summed E-state index contributed by atoms with van der Waals surface area (Å²) < 4.78 is 0. The van der Waals surface area contributed by atoms with Crippen molar-refractivity contribution in [2.24, 2.45) is 0 Å². The van der Waals surface area contributed by atoms with Crippen LogP contribution >= 0.6 is 0 Å². The fourth-order valence-corrected chi connectivity index (χ4v) is 2.93. The van der Waals surface area contributed by atoms with Crippen LogP contribution in [0.15, 0.2) is 49.4 Å². The monoisotopic (exact) mass is 309 g/mol. The van der Waals surface area contributed by atoms with Crippen molar-refractivity contribution in [1.29, 1.82) is 0 Å². The van der Waals surface area contributed by atoms with Gasteiger partial charge in [0.15, 0.2) is 0 Å². The quantitative estimate of drug-likeness (QED) is 0.832. The van der Waals surface area contributed by atoms with Crippen molar-refractivity contribution in [2.75, 3.05) is 18.4 Å². The molecule has 0 saturated carbocycles. The van der Waals surface area contributed by atoms with E-state index in [0.717, 1.165) is 49.7 Å². The van der Waals surface area contributed by atoms with Crippen LogP contribution in [0.1, 0.15) is 24.2 Å². The summed E-state index contributed by atoms with van der Waals surface area (Å²) in [6.45, 7) is 6.76. The summed E-state index contributed by atoms with van der Waals surface area (Å²) in [6.07, 6.45) is 10.4. The molecule has 23 heavy (non-hydrogen) atoms. The number of anilines is 1. The smallest absolute Gasteiger partial charge is 0.144 e. The lowest BCUT2D eigenvalue weighted by Gasteiger charge is -2.33. The predicted molar refractivity (Wildman–Crippen MR) is 92.1 cm³/mol. The SMILES string of the molecule is C=CCc1cnc(N[C@@H]2CCCN(Cc3ccccn3)C2)cn1. The zero-order valence-corrected chi connectivity index (χ0v) is 13.4. The van der Waals surface area contributed by atoms with Gasteiger partial charge in [0, 0.05) is 31.7 Å². The van der Waals surface area contributed by atoms with E-state index in [9.17, 15) is 0 Å². The van der Waals surface area contributed by atoms with Gasteiger partial charge in [-0.15, -0.1) is 6.58 Å². The first-order chi connectivity index (χ1) is 11.3. The second-order valence-electron chi connectivity index (χ2n) is 5.93. The molecular weight excluding hydrogens is 286 g/mol. The van der Waals surface area contributed by atoms with Gasteiger partial charge in [-0.25, -0.2) is 4.98 Å². The highest BCUT2D eigenvalue weighted by Crippen LogP contribution is 2.16. The number of aromatic nitrogens is 3. The Morgan fingerprint density at radius 2 is 2.17 bits per heavy atom. The summed E-state index contributed by atoms with van der Waals surface area (Å²) in [5, 5.41) is 3.50. The molecule has 1 aliphatic heterocycles. The molecule has 5 nitrogen and oxygen atoms in total. The Bertz CT molecular complexity index is 611. The Hall–Kier alpha value is -2.27. The summed E-state index contributed by atoms with van der Waals surface area (Å²) in [4.78, 5) is 15.7. The standard InChI is InChI=1S/C18H23N5/c1-2-6-15-11-21-18(12-20-15)22-17-8-5-10-23(14-17)13-16-7-3-4-9-19-16/h2-4,7,9,11-12,17H,1,5-6,8,10,13-14H2,(H,21,22)/t17-/m1/s1. The molecule has 3 heterocycles. The molecule has 1 N–H and O–H groups in total. The minimum Gasteiger partial charge on any atom is -0.365 e. The minimum atomic E-state index is 0.409. The predicted octanol–water partition coefficient (Wildman–Crippen LogP) is 2.68. The van der Waals surface area contributed by atoms with E-state index in [1.54, 1.807) is 0 Å². The van der Waals surface area contributed by atoms with Gasteiger partial charge in [0.05, 0.1) is 23.8 Å². The molecule has 0 aromatic carbocycles. The first kappa shape index (κ1) is 15.6. The van der Waals surface area contributed by atoms with Crippen LogP contribution < -0.4 is 5.32 Å². The molecule has 2 aromatic heterocycles. The molecule has 1 fully saturated rings. The summed E-state index contributed by atoms with van der Waals surface area (Å²) in [5.41, 5.74) is 2.08. The molecule has 0 amide bonds. The fraction of sp³-hybridized carbons (Fsp3) is 0.389. The van der Waals surface area contributed by atoms with E-state index in [-0.39, 0.29) is 0 Å². The minimum absolute atomic E-state index is 0.409. The fourth-order valence-electron chi connectivity index (χ4n) is 2.93. The van der Waals surface area contributed by atoms with E-state index in [4.69, 9.17) is 0 Å². The Balaban J connectivity index is 1.55. The third-order valence-electron chi connectivity index (χ3n) is 4.03. The number of hydrogen-bond donors (Lipinski definition) is 1. The number of piperidine rings is 1. The summed E-state index contributed by atoms with van der Waals surface area (Å²) in [5.74, 6) is 0.850. The van der Waals surface area contributed by atoms with E-state index < -0.39 is 0 Å². The molecular formula is C18H23N5. The highest BCUT2D eigenvalue weighted by Gasteiger charge is 2.20. The van der Waals surface area contributed by atoms with E-state index in [0.29, 0.717) is 6.04 Å². The van der Waals surface area contributed by atoms with Gasteiger partial charge in [-0.2, -0.15) is 0 Å². The van der Waals surface area contributed by atoms with E-state index in [2.05, 4.69) is 37.8 Å².